The molecule has 29 heavy (non-hydrogen) atoms. The van der Waals surface area contributed by atoms with Crippen LogP contribution in [0.1, 0.15) is 24.0 Å². The van der Waals surface area contributed by atoms with Crippen molar-refractivity contribution in [3.05, 3.63) is 53.6 Å². The highest BCUT2D eigenvalue weighted by Crippen LogP contribution is 2.30. The molecule has 0 atom stereocenters. The summed E-state index contributed by atoms with van der Waals surface area (Å²) in [5, 5.41) is 2.95. The Kier molecular flexibility index (Phi) is 6.75. The third kappa shape index (κ3) is 5.08. The molecule has 1 fully saturated rings. The van der Waals surface area contributed by atoms with Crippen LogP contribution in [0.2, 0.25) is 0 Å². The third-order valence-electron chi connectivity index (χ3n) is 5.49. The van der Waals surface area contributed by atoms with Crippen LogP contribution in [-0.2, 0) is 16.0 Å². The van der Waals surface area contributed by atoms with E-state index in [-0.39, 0.29) is 17.7 Å². The van der Waals surface area contributed by atoms with Crippen LogP contribution in [0.4, 0.5) is 5.69 Å². The number of benzene rings is 2. The largest absolute Gasteiger partial charge is 0.497 e. The van der Waals surface area contributed by atoms with E-state index in [1.54, 1.807) is 32.4 Å². The van der Waals surface area contributed by atoms with Gasteiger partial charge in [0, 0.05) is 25.1 Å². The number of nitrogens with zero attached hydrogens (tertiary/aromatic N) is 1. The van der Waals surface area contributed by atoms with E-state index in [1.807, 2.05) is 36.1 Å². The normalized spacial score (nSPS) is 14.4. The van der Waals surface area contributed by atoms with Crippen LogP contribution in [0.15, 0.2) is 42.5 Å². The van der Waals surface area contributed by atoms with Crippen molar-refractivity contribution in [3.8, 4) is 11.5 Å². The number of hydrogen-bond acceptors (Lipinski definition) is 4. The average Bonchev–Trinajstić information content (AvgIpc) is 2.75. The molecule has 0 radical (unpaired) electrons. The SMILES string of the molecule is COc1ccc(OC)c(NC(=O)C2CCN(C(=O)Cc3ccccc3C)CC2)c1. The summed E-state index contributed by atoms with van der Waals surface area (Å²) in [6.07, 6.45) is 1.71. The number of hydrogen-bond donors (Lipinski definition) is 1. The predicted molar refractivity (Wildman–Crippen MR) is 112 cm³/mol. The first kappa shape index (κ1) is 20.7. The monoisotopic (exact) mass is 396 g/mol. The minimum absolute atomic E-state index is 0.0532. The van der Waals surface area contributed by atoms with Crippen molar-refractivity contribution in [1.29, 1.82) is 0 Å². The smallest absolute Gasteiger partial charge is 0.227 e. The van der Waals surface area contributed by atoms with Crippen LogP contribution < -0.4 is 14.8 Å². The van der Waals surface area contributed by atoms with E-state index in [0.29, 0.717) is 49.5 Å². The molecule has 1 saturated heterocycles. The van der Waals surface area contributed by atoms with Gasteiger partial charge in [0.1, 0.15) is 11.5 Å². The van der Waals surface area contributed by atoms with Gasteiger partial charge in [0.2, 0.25) is 11.8 Å². The van der Waals surface area contributed by atoms with E-state index in [2.05, 4.69) is 5.32 Å². The Morgan fingerprint density at radius 1 is 1.07 bits per heavy atom. The Morgan fingerprint density at radius 2 is 1.79 bits per heavy atom. The van der Waals surface area contributed by atoms with Gasteiger partial charge in [-0.25, -0.2) is 0 Å². The van der Waals surface area contributed by atoms with Gasteiger partial charge in [0.15, 0.2) is 0 Å². The molecule has 1 aliphatic heterocycles. The molecule has 0 aliphatic carbocycles. The van der Waals surface area contributed by atoms with Crippen molar-refractivity contribution >= 4 is 17.5 Å². The summed E-state index contributed by atoms with van der Waals surface area (Å²) in [5.41, 5.74) is 2.78. The number of rotatable bonds is 6. The molecule has 0 unspecified atom stereocenters. The van der Waals surface area contributed by atoms with Crippen molar-refractivity contribution < 1.29 is 19.1 Å². The Labute approximate surface area is 171 Å². The maximum Gasteiger partial charge on any atom is 0.227 e. The van der Waals surface area contributed by atoms with Gasteiger partial charge in [-0.2, -0.15) is 0 Å². The number of aryl methyl sites for hydroxylation is 1. The van der Waals surface area contributed by atoms with Crippen LogP contribution in [0, 0.1) is 12.8 Å². The number of ether oxygens (including phenoxy) is 2. The molecule has 0 saturated carbocycles. The molecule has 0 aromatic heterocycles. The maximum atomic E-state index is 12.7. The van der Waals surface area contributed by atoms with E-state index >= 15 is 0 Å². The summed E-state index contributed by atoms with van der Waals surface area (Å²) >= 11 is 0. The molecule has 2 amide bonds. The molecule has 1 aliphatic rings. The molecule has 0 spiro atoms. The van der Waals surface area contributed by atoms with Gasteiger partial charge in [0.05, 0.1) is 26.3 Å². The Balaban J connectivity index is 1.56. The predicted octanol–water partition coefficient (Wildman–Crippen LogP) is 3.43. The number of amides is 2. The molecular weight excluding hydrogens is 368 g/mol. The van der Waals surface area contributed by atoms with Crippen LogP contribution in [0.3, 0.4) is 0 Å². The lowest BCUT2D eigenvalue weighted by molar-refractivity contribution is -0.133. The fraction of sp³-hybridized carbons (Fsp3) is 0.391. The van der Waals surface area contributed by atoms with E-state index in [0.717, 1.165) is 11.1 Å². The van der Waals surface area contributed by atoms with Gasteiger partial charge < -0.3 is 19.7 Å². The Bertz CT molecular complexity index is 873. The van der Waals surface area contributed by atoms with Gasteiger partial charge in [-0.15, -0.1) is 0 Å². The number of likely N-dealkylation sites (tertiary alicyclic amines) is 1. The van der Waals surface area contributed by atoms with Crippen LogP contribution in [0.5, 0.6) is 11.5 Å². The minimum atomic E-state index is -0.131. The molecule has 2 aromatic rings. The van der Waals surface area contributed by atoms with Gasteiger partial charge in [0.25, 0.3) is 0 Å². The van der Waals surface area contributed by atoms with Crippen LogP contribution in [0.25, 0.3) is 0 Å². The molecule has 154 valence electrons. The van der Waals surface area contributed by atoms with E-state index < -0.39 is 0 Å². The highest BCUT2D eigenvalue weighted by Gasteiger charge is 2.28. The molecule has 6 nitrogen and oxygen atoms in total. The second kappa shape index (κ2) is 9.45. The molecule has 1 N–H and O–H groups in total. The molecule has 6 heteroatoms. The zero-order valence-corrected chi connectivity index (χ0v) is 17.2. The first-order chi connectivity index (χ1) is 14.0. The maximum absolute atomic E-state index is 12.7. The number of carbonyl (C=O) groups is 2. The number of anilines is 1. The summed E-state index contributed by atoms with van der Waals surface area (Å²) in [7, 11) is 3.15. The topological polar surface area (TPSA) is 67.9 Å². The third-order valence-corrected chi connectivity index (χ3v) is 5.49. The lowest BCUT2D eigenvalue weighted by Crippen LogP contribution is -2.42. The Hall–Kier alpha value is -3.02. The molecule has 0 bridgehead atoms. The van der Waals surface area contributed by atoms with Crippen molar-refractivity contribution in [2.24, 2.45) is 5.92 Å². The fourth-order valence-electron chi connectivity index (χ4n) is 3.62. The lowest BCUT2D eigenvalue weighted by atomic mass is 9.95. The zero-order chi connectivity index (χ0) is 20.8. The molecule has 2 aromatic carbocycles. The van der Waals surface area contributed by atoms with Gasteiger partial charge in [-0.1, -0.05) is 24.3 Å². The second-order valence-corrected chi connectivity index (χ2v) is 7.31. The molecule has 1 heterocycles. The van der Waals surface area contributed by atoms with E-state index in [9.17, 15) is 9.59 Å². The van der Waals surface area contributed by atoms with Gasteiger partial charge in [-0.05, 0) is 43.0 Å². The van der Waals surface area contributed by atoms with E-state index in [1.165, 1.54) is 0 Å². The quantitative estimate of drug-likeness (QED) is 0.812. The summed E-state index contributed by atoms with van der Waals surface area (Å²) in [6.45, 7) is 3.21. The van der Waals surface area contributed by atoms with E-state index in [4.69, 9.17) is 9.47 Å². The number of nitrogens with one attached hydrogen (secondary N) is 1. The fourth-order valence-corrected chi connectivity index (χ4v) is 3.62. The lowest BCUT2D eigenvalue weighted by Gasteiger charge is -2.31. The number of methoxy groups -OCH3 is 2. The van der Waals surface area contributed by atoms with Crippen LogP contribution in [-0.4, -0.2) is 44.0 Å². The van der Waals surface area contributed by atoms with Crippen molar-refractivity contribution in [1.82, 2.24) is 4.90 Å². The standard InChI is InChI=1S/C23H28N2O4/c1-16-6-4-5-7-18(16)14-22(26)25-12-10-17(11-13-25)23(27)24-20-15-19(28-2)8-9-21(20)29-3/h4-9,15,17H,10-14H2,1-3H3,(H,24,27). The highest BCUT2D eigenvalue weighted by atomic mass is 16.5. The second-order valence-electron chi connectivity index (χ2n) is 7.31. The summed E-state index contributed by atoms with van der Waals surface area (Å²) in [6, 6.07) is 13.2. The number of carbonyl (C=O) groups excluding carboxylic acids is 2. The summed E-state index contributed by atoms with van der Waals surface area (Å²) < 4.78 is 10.6. The van der Waals surface area contributed by atoms with Crippen molar-refractivity contribution in [2.45, 2.75) is 26.2 Å². The first-order valence-corrected chi connectivity index (χ1v) is 9.87. The molecular formula is C23H28N2O4. The number of piperidine rings is 1. The minimum Gasteiger partial charge on any atom is -0.497 e. The zero-order valence-electron chi connectivity index (χ0n) is 17.2. The Morgan fingerprint density at radius 3 is 2.45 bits per heavy atom. The van der Waals surface area contributed by atoms with Gasteiger partial charge in [-0.3, -0.25) is 9.59 Å². The van der Waals surface area contributed by atoms with Gasteiger partial charge >= 0.3 is 0 Å². The average molecular weight is 396 g/mol. The highest BCUT2D eigenvalue weighted by molar-refractivity contribution is 5.94. The molecule has 3 rings (SSSR count). The van der Waals surface area contributed by atoms with Crippen molar-refractivity contribution in [2.75, 3.05) is 32.6 Å². The summed E-state index contributed by atoms with van der Waals surface area (Å²) in [4.78, 5) is 27.2. The first-order valence-electron chi connectivity index (χ1n) is 9.87. The summed E-state index contributed by atoms with van der Waals surface area (Å²) in [5.74, 6) is 1.17. The van der Waals surface area contributed by atoms with Crippen LogP contribution >= 0.6 is 0 Å². The van der Waals surface area contributed by atoms with Crippen molar-refractivity contribution in [3.63, 3.8) is 0 Å².